The summed E-state index contributed by atoms with van der Waals surface area (Å²) < 4.78 is 6.34. The van der Waals surface area contributed by atoms with E-state index in [0.29, 0.717) is 12.1 Å². The van der Waals surface area contributed by atoms with Gasteiger partial charge in [0, 0.05) is 0 Å². The van der Waals surface area contributed by atoms with E-state index in [1.807, 2.05) is 0 Å². The molecular weight excluding hydrogens is 258 g/mol. The van der Waals surface area contributed by atoms with Gasteiger partial charge < -0.3 is 10.1 Å². The second-order valence-electron chi connectivity index (χ2n) is 6.24. The lowest BCUT2D eigenvalue weighted by atomic mass is 9.85. The number of nitrogens with one attached hydrogen (secondary N) is 1. The summed E-state index contributed by atoms with van der Waals surface area (Å²) >= 11 is 0. The number of rotatable bonds is 8. The molecule has 1 N–H and O–H groups in total. The van der Waals surface area contributed by atoms with Crippen LogP contribution in [0.5, 0.6) is 0 Å². The standard InChI is InChI=1S/C19H31NO/c1-3-14-20-18(17-11-6-5-7-12-17)15-21-19-13-9-8-10-16(19)4-2/h5-7,11-12,16,18-20H,3-4,8-10,13-15H2,1-2H3. The van der Waals surface area contributed by atoms with Gasteiger partial charge in [-0.2, -0.15) is 0 Å². The number of hydrogen-bond acceptors (Lipinski definition) is 2. The van der Waals surface area contributed by atoms with Gasteiger partial charge in [-0.15, -0.1) is 0 Å². The average Bonchev–Trinajstić information content (AvgIpc) is 2.56. The lowest BCUT2D eigenvalue weighted by Gasteiger charge is -2.32. The molecule has 0 bridgehead atoms. The van der Waals surface area contributed by atoms with Crippen LogP contribution in [0, 0.1) is 5.92 Å². The molecule has 1 aliphatic carbocycles. The highest BCUT2D eigenvalue weighted by Gasteiger charge is 2.25. The Hall–Kier alpha value is -0.860. The average molecular weight is 289 g/mol. The fourth-order valence-corrected chi connectivity index (χ4v) is 3.36. The van der Waals surface area contributed by atoms with Crippen LogP contribution in [0.25, 0.3) is 0 Å². The van der Waals surface area contributed by atoms with Gasteiger partial charge in [-0.05, 0) is 37.3 Å². The summed E-state index contributed by atoms with van der Waals surface area (Å²) in [4.78, 5) is 0. The highest BCUT2D eigenvalue weighted by Crippen LogP contribution is 2.30. The Morgan fingerprint density at radius 2 is 1.90 bits per heavy atom. The summed E-state index contributed by atoms with van der Waals surface area (Å²) in [6.45, 7) is 6.36. The molecule has 3 unspecified atom stereocenters. The van der Waals surface area contributed by atoms with E-state index in [4.69, 9.17) is 4.74 Å². The maximum Gasteiger partial charge on any atom is 0.0665 e. The van der Waals surface area contributed by atoms with Crippen LogP contribution in [0.2, 0.25) is 0 Å². The molecular formula is C19H31NO. The Morgan fingerprint density at radius 1 is 1.14 bits per heavy atom. The van der Waals surface area contributed by atoms with Crippen molar-refractivity contribution in [1.82, 2.24) is 5.32 Å². The van der Waals surface area contributed by atoms with Gasteiger partial charge in [-0.25, -0.2) is 0 Å². The van der Waals surface area contributed by atoms with E-state index in [0.717, 1.165) is 25.5 Å². The van der Waals surface area contributed by atoms with Crippen molar-refractivity contribution in [2.75, 3.05) is 13.2 Å². The van der Waals surface area contributed by atoms with Crippen molar-refractivity contribution in [3.8, 4) is 0 Å². The van der Waals surface area contributed by atoms with Gasteiger partial charge in [0.05, 0.1) is 18.8 Å². The molecule has 1 aromatic carbocycles. The molecule has 1 saturated carbocycles. The Morgan fingerprint density at radius 3 is 2.62 bits per heavy atom. The first-order valence-corrected chi connectivity index (χ1v) is 8.75. The predicted octanol–water partition coefficient (Wildman–Crippen LogP) is 4.71. The van der Waals surface area contributed by atoms with Gasteiger partial charge in [0.25, 0.3) is 0 Å². The van der Waals surface area contributed by atoms with Crippen LogP contribution in [-0.4, -0.2) is 19.3 Å². The normalized spacial score (nSPS) is 23.9. The maximum absolute atomic E-state index is 6.34. The zero-order chi connectivity index (χ0) is 14.9. The van der Waals surface area contributed by atoms with Gasteiger partial charge in [0.15, 0.2) is 0 Å². The first-order valence-electron chi connectivity index (χ1n) is 8.75. The maximum atomic E-state index is 6.34. The van der Waals surface area contributed by atoms with Gasteiger partial charge >= 0.3 is 0 Å². The minimum absolute atomic E-state index is 0.325. The van der Waals surface area contributed by atoms with Crippen LogP contribution in [-0.2, 0) is 4.74 Å². The molecule has 0 aliphatic heterocycles. The number of hydrogen-bond donors (Lipinski definition) is 1. The smallest absolute Gasteiger partial charge is 0.0665 e. The van der Waals surface area contributed by atoms with E-state index in [-0.39, 0.29) is 0 Å². The summed E-state index contributed by atoms with van der Waals surface area (Å²) in [6, 6.07) is 11.0. The second-order valence-corrected chi connectivity index (χ2v) is 6.24. The van der Waals surface area contributed by atoms with Crippen LogP contribution < -0.4 is 5.32 Å². The van der Waals surface area contributed by atoms with Crippen LogP contribution >= 0.6 is 0 Å². The van der Waals surface area contributed by atoms with Gasteiger partial charge in [0.1, 0.15) is 0 Å². The van der Waals surface area contributed by atoms with Crippen LogP contribution in [0.1, 0.15) is 64.0 Å². The summed E-state index contributed by atoms with van der Waals surface area (Å²) in [5, 5.41) is 3.63. The van der Waals surface area contributed by atoms with Crippen molar-refractivity contribution < 1.29 is 4.74 Å². The summed E-state index contributed by atoms with van der Waals surface area (Å²) in [7, 11) is 0. The predicted molar refractivity (Wildman–Crippen MR) is 89.5 cm³/mol. The minimum atomic E-state index is 0.325. The third-order valence-corrected chi connectivity index (χ3v) is 4.68. The molecule has 21 heavy (non-hydrogen) atoms. The fraction of sp³-hybridized carbons (Fsp3) is 0.684. The van der Waals surface area contributed by atoms with Crippen LogP contribution in [0.3, 0.4) is 0 Å². The number of benzene rings is 1. The first kappa shape index (κ1) is 16.5. The minimum Gasteiger partial charge on any atom is -0.376 e. The van der Waals surface area contributed by atoms with Crippen LogP contribution in [0.4, 0.5) is 0 Å². The molecule has 2 heteroatoms. The third-order valence-electron chi connectivity index (χ3n) is 4.68. The lowest BCUT2D eigenvalue weighted by molar-refractivity contribution is -0.0217. The van der Waals surface area contributed by atoms with Gasteiger partial charge in [-0.3, -0.25) is 0 Å². The SMILES string of the molecule is CCCNC(COC1CCCCC1CC)c1ccccc1. The Balaban J connectivity index is 1.92. The molecule has 0 radical (unpaired) electrons. The van der Waals surface area contributed by atoms with Crippen molar-refractivity contribution in [2.45, 2.75) is 64.5 Å². The largest absolute Gasteiger partial charge is 0.376 e. The van der Waals surface area contributed by atoms with E-state index >= 15 is 0 Å². The van der Waals surface area contributed by atoms with Crippen molar-refractivity contribution >= 4 is 0 Å². The van der Waals surface area contributed by atoms with E-state index in [9.17, 15) is 0 Å². The molecule has 1 fully saturated rings. The monoisotopic (exact) mass is 289 g/mol. The second kappa shape index (κ2) is 9.22. The summed E-state index contributed by atoms with van der Waals surface area (Å²) in [6.07, 6.45) is 8.19. The Kier molecular flexibility index (Phi) is 7.25. The topological polar surface area (TPSA) is 21.3 Å². The zero-order valence-electron chi connectivity index (χ0n) is 13.7. The van der Waals surface area contributed by atoms with E-state index in [1.165, 1.54) is 37.7 Å². The lowest BCUT2D eigenvalue weighted by Crippen LogP contribution is -2.32. The summed E-state index contributed by atoms with van der Waals surface area (Å²) in [5.41, 5.74) is 1.34. The molecule has 0 heterocycles. The van der Waals surface area contributed by atoms with Crippen LogP contribution in [0.15, 0.2) is 30.3 Å². The molecule has 0 saturated heterocycles. The highest BCUT2D eigenvalue weighted by atomic mass is 16.5. The summed E-state index contributed by atoms with van der Waals surface area (Å²) in [5.74, 6) is 0.765. The van der Waals surface area contributed by atoms with E-state index in [2.05, 4.69) is 49.5 Å². The molecule has 1 aromatic rings. The number of ether oxygens (including phenoxy) is 1. The first-order chi connectivity index (χ1) is 10.3. The quantitative estimate of drug-likeness (QED) is 0.748. The van der Waals surface area contributed by atoms with Crippen molar-refractivity contribution in [1.29, 1.82) is 0 Å². The Bertz CT molecular complexity index is 378. The molecule has 0 spiro atoms. The van der Waals surface area contributed by atoms with Gasteiger partial charge in [-0.1, -0.05) is 63.4 Å². The molecule has 118 valence electrons. The van der Waals surface area contributed by atoms with Crippen molar-refractivity contribution in [3.05, 3.63) is 35.9 Å². The Labute approximate surface area is 130 Å². The molecule has 3 atom stereocenters. The highest BCUT2D eigenvalue weighted by molar-refractivity contribution is 5.18. The van der Waals surface area contributed by atoms with Crippen molar-refractivity contribution in [3.63, 3.8) is 0 Å². The zero-order valence-corrected chi connectivity index (χ0v) is 13.7. The molecule has 1 aliphatic rings. The third kappa shape index (κ3) is 5.12. The van der Waals surface area contributed by atoms with Gasteiger partial charge in [0.2, 0.25) is 0 Å². The molecule has 0 aromatic heterocycles. The van der Waals surface area contributed by atoms with E-state index in [1.54, 1.807) is 0 Å². The molecule has 2 rings (SSSR count). The molecule has 2 nitrogen and oxygen atoms in total. The van der Waals surface area contributed by atoms with Crippen molar-refractivity contribution in [2.24, 2.45) is 5.92 Å². The van der Waals surface area contributed by atoms with E-state index < -0.39 is 0 Å². The molecule has 0 amide bonds. The fourth-order valence-electron chi connectivity index (χ4n) is 3.36.